The molecule has 1 amide bonds. The maximum atomic E-state index is 11.8. The molecule has 0 bridgehead atoms. The average Bonchev–Trinajstić information content (AvgIpc) is 2.31. The number of nitrogens with one attached hydrogen (secondary N) is 1. The van der Waals surface area contributed by atoms with Crippen LogP contribution in [0, 0.1) is 12.3 Å². The highest BCUT2D eigenvalue weighted by atomic mass is 35.5. The molecule has 1 aromatic rings. The maximum absolute atomic E-state index is 11.8. The zero-order valence-corrected chi connectivity index (χ0v) is 10.8. The first-order chi connectivity index (χ1) is 8.08. The summed E-state index contributed by atoms with van der Waals surface area (Å²) in [6, 6.07) is 1.44. The zero-order valence-electron chi connectivity index (χ0n) is 9.34. The van der Waals surface area contributed by atoms with E-state index in [1.807, 2.05) is 6.92 Å². The number of terminal acetylenes is 1. The number of amides is 1. The summed E-state index contributed by atoms with van der Waals surface area (Å²) < 4.78 is 0. The minimum atomic E-state index is -0.252. The molecule has 0 spiro atoms. The van der Waals surface area contributed by atoms with Crippen molar-refractivity contribution >= 4 is 29.1 Å². The molecule has 0 aliphatic rings. The minimum absolute atomic E-state index is 0.0399. The van der Waals surface area contributed by atoms with Gasteiger partial charge in [-0.05, 0) is 12.5 Å². The molecule has 1 rings (SSSR count). The zero-order chi connectivity index (χ0) is 12.8. The molecule has 1 heterocycles. The van der Waals surface area contributed by atoms with E-state index < -0.39 is 0 Å². The standard InChI is InChI=1S/C12H12Cl2N2O/c1-3-5-9(4-2)16-12(17)8-6-10(13)11(14)15-7-8/h1,6-7,9H,4-5H2,2H3,(H,16,17). The van der Waals surface area contributed by atoms with Crippen LogP contribution in [0.1, 0.15) is 30.1 Å². The lowest BCUT2D eigenvalue weighted by atomic mass is 10.1. The number of rotatable bonds is 4. The van der Waals surface area contributed by atoms with E-state index in [4.69, 9.17) is 29.6 Å². The fraction of sp³-hybridized carbons (Fsp3) is 0.333. The molecule has 0 saturated heterocycles. The van der Waals surface area contributed by atoms with Gasteiger partial charge in [-0.2, -0.15) is 0 Å². The van der Waals surface area contributed by atoms with Gasteiger partial charge in [0.15, 0.2) is 0 Å². The van der Waals surface area contributed by atoms with Gasteiger partial charge in [0.2, 0.25) is 0 Å². The lowest BCUT2D eigenvalue weighted by Gasteiger charge is -2.14. The lowest BCUT2D eigenvalue weighted by molar-refractivity contribution is 0.0936. The molecule has 0 aliphatic carbocycles. The van der Waals surface area contributed by atoms with Crippen molar-refractivity contribution in [2.75, 3.05) is 0 Å². The number of hydrogen-bond acceptors (Lipinski definition) is 2. The topological polar surface area (TPSA) is 42.0 Å². The monoisotopic (exact) mass is 270 g/mol. The van der Waals surface area contributed by atoms with Crippen LogP contribution in [-0.4, -0.2) is 16.9 Å². The van der Waals surface area contributed by atoms with Gasteiger partial charge in [-0.3, -0.25) is 4.79 Å². The van der Waals surface area contributed by atoms with Crippen LogP contribution >= 0.6 is 23.2 Å². The Balaban J connectivity index is 2.76. The summed E-state index contributed by atoms with van der Waals surface area (Å²) in [6.45, 7) is 1.95. The molecule has 0 radical (unpaired) electrons. The van der Waals surface area contributed by atoms with Gasteiger partial charge >= 0.3 is 0 Å². The molecular formula is C12H12Cl2N2O. The van der Waals surface area contributed by atoms with Crippen molar-refractivity contribution < 1.29 is 4.79 Å². The average molecular weight is 271 g/mol. The van der Waals surface area contributed by atoms with Crippen molar-refractivity contribution in [3.8, 4) is 12.3 Å². The van der Waals surface area contributed by atoms with Crippen LogP contribution in [0.4, 0.5) is 0 Å². The lowest BCUT2D eigenvalue weighted by Crippen LogP contribution is -2.34. The van der Waals surface area contributed by atoms with E-state index in [-0.39, 0.29) is 22.1 Å². The smallest absolute Gasteiger partial charge is 0.253 e. The first kappa shape index (κ1) is 13.8. The fourth-order valence-electron chi connectivity index (χ4n) is 1.25. The molecule has 1 N–H and O–H groups in total. The van der Waals surface area contributed by atoms with Crippen molar-refractivity contribution in [2.24, 2.45) is 0 Å². The number of nitrogens with zero attached hydrogens (tertiary/aromatic N) is 1. The Kier molecular flexibility index (Phi) is 5.27. The Labute approximate surface area is 111 Å². The molecule has 3 nitrogen and oxygen atoms in total. The fourth-order valence-corrected chi connectivity index (χ4v) is 1.52. The number of carbonyl (C=O) groups excluding carboxylic acids is 1. The predicted octanol–water partition coefficient (Wildman–Crippen LogP) is 2.92. The summed E-state index contributed by atoms with van der Waals surface area (Å²) in [7, 11) is 0. The Morgan fingerprint density at radius 3 is 2.88 bits per heavy atom. The molecular weight excluding hydrogens is 259 g/mol. The molecule has 1 atom stereocenters. The van der Waals surface area contributed by atoms with E-state index in [0.29, 0.717) is 12.0 Å². The minimum Gasteiger partial charge on any atom is -0.348 e. The van der Waals surface area contributed by atoms with Crippen molar-refractivity contribution in [1.82, 2.24) is 10.3 Å². The third kappa shape index (κ3) is 3.92. The highest BCUT2D eigenvalue weighted by molar-refractivity contribution is 6.41. The van der Waals surface area contributed by atoms with Gasteiger partial charge in [-0.15, -0.1) is 12.3 Å². The third-order valence-corrected chi connectivity index (χ3v) is 2.94. The second-order valence-corrected chi connectivity index (χ2v) is 4.25. The Morgan fingerprint density at radius 2 is 2.35 bits per heavy atom. The molecule has 0 saturated carbocycles. The molecule has 0 aliphatic heterocycles. The number of hydrogen-bond donors (Lipinski definition) is 1. The quantitative estimate of drug-likeness (QED) is 0.675. The van der Waals surface area contributed by atoms with E-state index >= 15 is 0 Å². The van der Waals surface area contributed by atoms with Gasteiger partial charge < -0.3 is 5.32 Å². The van der Waals surface area contributed by atoms with Gasteiger partial charge in [0.1, 0.15) is 5.15 Å². The molecule has 5 heteroatoms. The summed E-state index contributed by atoms with van der Waals surface area (Å²) in [6.07, 6.45) is 7.86. The van der Waals surface area contributed by atoms with E-state index in [2.05, 4.69) is 16.2 Å². The summed E-state index contributed by atoms with van der Waals surface area (Å²) in [5.74, 6) is 2.27. The van der Waals surface area contributed by atoms with E-state index in [9.17, 15) is 4.79 Å². The Morgan fingerprint density at radius 1 is 1.65 bits per heavy atom. The van der Waals surface area contributed by atoms with Gasteiger partial charge in [-0.1, -0.05) is 30.1 Å². The van der Waals surface area contributed by atoms with Crippen LogP contribution in [0.5, 0.6) is 0 Å². The SMILES string of the molecule is C#CCC(CC)NC(=O)c1cnc(Cl)c(Cl)c1. The molecule has 0 aromatic carbocycles. The molecule has 1 unspecified atom stereocenters. The first-order valence-electron chi connectivity index (χ1n) is 5.13. The van der Waals surface area contributed by atoms with Crippen LogP contribution in [0.25, 0.3) is 0 Å². The van der Waals surface area contributed by atoms with E-state index in [1.54, 1.807) is 0 Å². The van der Waals surface area contributed by atoms with Gasteiger partial charge in [0.05, 0.1) is 10.6 Å². The summed E-state index contributed by atoms with van der Waals surface area (Å²) >= 11 is 11.4. The third-order valence-electron chi connectivity index (χ3n) is 2.25. The van der Waals surface area contributed by atoms with Crippen LogP contribution in [0.2, 0.25) is 10.2 Å². The number of halogens is 2. The van der Waals surface area contributed by atoms with Gasteiger partial charge in [0.25, 0.3) is 5.91 Å². The summed E-state index contributed by atoms with van der Waals surface area (Å²) in [5, 5.41) is 3.24. The predicted molar refractivity (Wildman–Crippen MR) is 69.3 cm³/mol. The normalized spacial score (nSPS) is 11.6. The Hall–Kier alpha value is -1.24. The number of carbonyl (C=O) groups is 1. The molecule has 1 aromatic heterocycles. The van der Waals surface area contributed by atoms with Crippen molar-refractivity contribution in [1.29, 1.82) is 0 Å². The van der Waals surface area contributed by atoms with Crippen molar-refractivity contribution in [2.45, 2.75) is 25.8 Å². The highest BCUT2D eigenvalue weighted by Gasteiger charge is 2.13. The van der Waals surface area contributed by atoms with E-state index in [1.165, 1.54) is 12.3 Å². The highest BCUT2D eigenvalue weighted by Crippen LogP contribution is 2.19. The number of aromatic nitrogens is 1. The maximum Gasteiger partial charge on any atom is 0.253 e. The Bertz CT molecular complexity index is 454. The second-order valence-electron chi connectivity index (χ2n) is 3.48. The van der Waals surface area contributed by atoms with E-state index in [0.717, 1.165) is 6.42 Å². The van der Waals surface area contributed by atoms with Gasteiger partial charge in [-0.25, -0.2) is 4.98 Å². The van der Waals surface area contributed by atoms with Crippen LogP contribution < -0.4 is 5.32 Å². The molecule has 90 valence electrons. The first-order valence-corrected chi connectivity index (χ1v) is 5.89. The van der Waals surface area contributed by atoms with Crippen molar-refractivity contribution in [3.05, 3.63) is 28.0 Å². The van der Waals surface area contributed by atoms with Crippen LogP contribution in [0.3, 0.4) is 0 Å². The second kappa shape index (κ2) is 6.48. The van der Waals surface area contributed by atoms with Gasteiger partial charge in [0, 0.05) is 18.7 Å². The van der Waals surface area contributed by atoms with Crippen molar-refractivity contribution in [3.63, 3.8) is 0 Å². The van der Waals surface area contributed by atoms with Crippen LogP contribution in [-0.2, 0) is 0 Å². The van der Waals surface area contributed by atoms with Crippen LogP contribution in [0.15, 0.2) is 12.3 Å². The largest absolute Gasteiger partial charge is 0.348 e. The summed E-state index contributed by atoms with van der Waals surface area (Å²) in [4.78, 5) is 15.6. The molecule has 0 fully saturated rings. The number of pyridine rings is 1. The molecule has 17 heavy (non-hydrogen) atoms. The summed E-state index contributed by atoms with van der Waals surface area (Å²) in [5.41, 5.74) is 0.370.